The van der Waals surface area contributed by atoms with Gasteiger partial charge in [-0.3, -0.25) is 0 Å². The maximum atomic E-state index is 10.9. The lowest BCUT2D eigenvalue weighted by molar-refractivity contribution is -0.0802. The van der Waals surface area contributed by atoms with Crippen LogP contribution in [0.3, 0.4) is 0 Å². The Morgan fingerprint density at radius 3 is 2.38 bits per heavy atom. The largest absolute Gasteiger partial charge is 0.390 e. The van der Waals surface area contributed by atoms with Crippen LogP contribution in [0.5, 0.6) is 0 Å². The Kier molecular flexibility index (Phi) is 1.98. The van der Waals surface area contributed by atoms with Crippen LogP contribution in [0.25, 0.3) is 0 Å². The Morgan fingerprint density at radius 1 is 1.06 bits per heavy atom. The number of hydrogen-bond acceptors (Lipinski definition) is 1. The molecule has 1 nitrogen and oxygen atoms in total. The molecule has 1 heteroatoms. The van der Waals surface area contributed by atoms with E-state index in [1.807, 2.05) is 0 Å². The highest BCUT2D eigenvalue weighted by Crippen LogP contribution is 2.73. The minimum Gasteiger partial charge on any atom is -0.390 e. The molecule has 0 aromatic rings. The topological polar surface area (TPSA) is 20.2 Å². The highest BCUT2D eigenvalue weighted by molar-refractivity contribution is 5.19. The van der Waals surface area contributed by atoms with Crippen molar-refractivity contribution in [1.82, 2.24) is 0 Å². The molecule has 1 N–H and O–H groups in total. The normalized spacial score (nSPS) is 58.7. The van der Waals surface area contributed by atoms with Crippen LogP contribution < -0.4 is 0 Å². The Morgan fingerprint density at radius 2 is 1.69 bits per heavy atom. The molecule has 0 heterocycles. The fourth-order valence-corrected chi connectivity index (χ4v) is 6.12. The van der Waals surface area contributed by atoms with Gasteiger partial charge < -0.3 is 5.11 Å². The zero-order valence-corrected chi connectivity index (χ0v) is 11.2. The molecular formula is C15H26O. The third-order valence-electron chi connectivity index (χ3n) is 6.44. The van der Waals surface area contributed by atoms with Crippen molar-refractivity contribution in [3.63, 3.8) is 0 Å². The zero-order valence-electron chi connectivity index (χ0n) is 11.2. The van der Waals surface area contributed by atoms with E-state index in [9.17, 15) is 5.11 Å². The Balaban J connectivity index is 2.10. The number of rotatable bonds is 0. The summed E-state index contributed by atoms with van der Waals surface area (Å²) in [6.07, 6.45) is 6.27. The summed E-state index contributed by atoms with van der Waals surface area (Å²) >= 11 is 0. The van der Waals surface area contributed by atoms with Crippen LogP contribution in [0.15, 0.2) is 0 Å². The summed E-state index contributed by atoms with van der Waals surface area (Å²) in [6, 6.07) is 0. The summed E-state index contributed by atoms with van der Waals surface area (Å²) in [4.78, 5) is 0. The van der Waals surface area contributed by atoms with Gasteiger partial charge in [-0.05, 0) is 62.2 Å². The predicted octanol–water partition coefficient (Wildman–Crippen LogP) is 3.61. The zero-order chi connectivity index (χ0) is 11.8. The van der Waals surface area contributed by atoms with E-state index in [2.05, 4.69) is 27.7 Å². The Hall–Kier alpha value is -0.0400. The first kappa shape index (κ1) is 11.1. The van der Waals surface area contributed by atoms with Crippen LogP contribution in [0, 0.1) is 28.6 Å². The van der Waals surface area contributed by atoms with Gasteiger partial charge in [0.25, 0.3) is 0 Å². The van der Waals surface area contributed by atoms with Gasteiger partial charge in [-0.1, -0.05) is 20.8 Å². The molecule has 0 aliphatic heterocycles. The summed E-state index contributed by atoms with van der Waals surface area (Å²) in [7, 11) is 0. The molecular weight excluding hydrogens is 196 g/mol. The SMILES string of the molecule is C[C@@H]1CC[C@@]23CC[C@@H]1C2C(C)(C)C[C@@]3(C)O. The minimum absolute atomic E-state index is 0.272. The van der Waals surface area contributed by atoms with Crippen molar-refractivity contribution in [3.8, 4) is 0 Å². The summed E-state index contributed by atoms with van der Waals surface area (Å²) in [5.41, 5.74) is 0.211. The van der Waals surface area contributed by atoms with Crippen molar-refractivity contribution < 1.29 is 5.11 Å². The van der Waals surface area contributed by atoms with Crippen molar-refractivity contribution in [2.24, 2.45) is 28.6 Å². The van der Waals surface area contributed by atoms with Gasteiger partial charge in [0.1, 0.15) is 0 Å². The molecule has 2 bridgehead atoms. The highest BCUT2D eigenvalue weighted by Gasteiger charge is 2.69. The molecule has 0 radical (unpaired) electrons. The Bertz CT molecular complexity index is 317. The van der Waals surface area contributed by atoms with E-state index in [1.165, 1.54) is 25.7 Å². The van der Waals surface area contributed by atoms with Gasteiger partial charge in [-0.2, -0.15) is 0 Å². The van der Waals surface area contributed by atoms with Crippen LogP contribution in [0.1, 0.15) is 59.8 Å². The molecule has 3 saturated carbocycles. The van der Waals surface area contributed by atoms with Gasteiger partial charge in [0.2, 0.25) is 0 Å². The van der Waals surface area contributed by atoms with E-state index in [1.54, 1.807) is 0 Å². The average Bonchev–Trinajstić information content (AvgIpc) is 2.53. The Labute approximate surface area is 99.6 Å². The summed E-state index contributed by atoms with van der Waals surface area (Å²) in [6.45, 7) is 9.34. The molecule has 0 amide bonds. The number of aliphatic hydroxyl groups is 1. The first-order valence-electron chi connectivity index (χ1n) is 7.03. The summed E-state index contributed by atoms with van der Waals surface area (Å²) < 4.78 is 0. The molecule has 3 rings (SSSR count). The summed E-state index contributed by atoms with van der Waals surface area (Å²) in [5, 5.41) is 10.9. The molecule has 0 aromatic carbocycles. The van der Waals surface area contributed by atoms with Crippen LogP contribution in [0.2, 0.25) is 0 Å². The first-order chi connectivity index (χ1) is 7.30. The first-order valence-corrected chi connectivity index (χ1v) is 7.03. The quantitative estimate of drug-likeness (QED) is 0.664. The molecule has 5 atom stereocenters. The molecule has 0 spiro atoms. The monoisotopic (exact) mass is 222 g/mol. The van der Waals surface area contributed by atoms with Gasteiger partial charge in [0, 0.05) is 5.41 Å². The van der Waals surface area contributed by atoms with Gasteiger partial charge in [0.15, 0.2) is 0 Å². The second-order valence-electron chi connectivity index (χ2n) is 7.79. The minimum atomic E-state index is -0.407. The van der Waals surface area contributed by atoms with E-state index in [-0.39, 0.29) is 5.41 Å². The molecule has 92 valence electrons. The van der Waals surface area contributed by atoms with E-state index in [4.69, 9.17) is 0 Å². The van der Waals surface area contributed by atoms with Gasteiger partial charge >= 0.3 is 0 Å². The van der Waals surface area contributed by atoms with Crippen molar-refractivity contribution in [3.05, 3.63) is 0 Å². The smallest absolute Gasteiger partial charge is 0.0683 e. The lowest BCUT2D eigenvalue weighted by Crippen LogP contribution is -2.46. The molecule has 1 unspecified atom stereocenters. The van der Waals surface area contributed by atoms with Crippen molar-refractivity contribution >= 4 is 0 Å². The fourth-order valence-electron chi connectivity index (χ4n) is 6.12. The predicted molar refractivity (Wildman–Crippen MR) is 66.1 cm³/mol. The molecule has 0 saturated heterocycles. The van der Waals surface area contributed by atoms with Crippen molar-refractivity contribution in [1.29, 1.82) is 0 Å². The average molecular weight is 222 g/mol. The van der Waals surface area contributed by atoms with Crippen LogP contribution in [-0.4, -0.2) is 10.7 Å². The summed E-state index contributed by atoms with van der Waals surface area (Å²) in [5.74, 6) is 2.55. The molecule has 3 fully saturated rings. The van der Waals surface area contributed by atoms with Gasteiger partial charge in [-0.15, -0.1) is 0 Å². The van der Waals surface area contributed by atoms with Crippen LogP contribution in [0.4, 0.5) is 0 Å². The highest BCUT2D eigenvalue weighted by atomic mass is 16.3. The van der Waals surface area contributed by atoms with Gasteiger partial charge in [0.05, 0.1) is 5.60 Å². The van der Waals surface area contributed by atoms with E-state index < -0.39 is 5.60 Å². The third-order valence-corrected chi connectivity index (χ3v) is 6.44. The van der Waals surface area contributed by atoms with Crippen LogP contribution >= 0.6 is 0 Å². The number of hydrogen-bond donors (Lipinski definition) is 1. The van der Waals surface area contributed by atoms with Crippen LogP contribution in [-0.2, 0) is 0 Å². The van der Waals surface area contributed by atoms with Crippen molar-refractivity contribution in [2.75, 3.05) is 0 Å². The second kappa shape index (κ2) is 2.85. The maximum Gasteiger partial charge on any atom is 0.0683 e. The standard InChI is InChI=1S/C15H26O/c1-10-5-7-15-8-6-11(10)12(15)13(2,3)9-14(15,4)16/h10-12,16H,5-9H2,1-4H3/t10-,11+,12?,14-,15-/m1/s1. The lowest BCUT2D eigenvalue weighted by atomic mass is 9.58. The van der Waals surface area contributed by atoms with Gasteiger partial charge in [-0.25, -0.2) is 0 Å². The lowest BCUT2D eigenvalue weighted by Gasteiger charge is -2.47. The molecule has 16 heavy (non-hydrogen) atoms. The van der Waals surface area contributed by atoms with E-state index >= 15 is 0 Å². The third kappa shape index (κ3) is 1.06. The van der Waals surface area contributed by atoms with E-state index in [0.717, 1.165) is 24.2 Å². The maximum absolute atomic E-state index is 10.9. The molecule has 0 aromatic heterocycles. The molecule has 3 aliphatic carbocycles. The molecule has 3 aliphatic rings. The van der Waals surface area contributed by atoms with E-state index in [0.29, 0.717) is 5.41 Å². The second-order valence-corrected chi connectivity index (χ2v) is 7.79. The fraction of sp³-hybridized carbons (Fsp3) is 1.00. The van der Waals surface area contributed by atoms with Crippen molar-refractivity contribution in [2.45, 2.75) is 65.4 Å².